The third-order valence-electron chi connectivity index (χ3n) is 4.95. The topological polar surface area (TPSA) is 32.7 Å². The summed E-state index contributed by atoms with van der Waals surface area (Å²) in [5, 5.41) is 12.8. The zero-order valence-electron chi connectivity index (χ0n) is 16.6. The second-order valence-corrected chi connectivity index (χ2v) is 7.41. The lowest BCUT2D eigenvalue weighted by atomic mass is 9.93. The highest BCUT2D eigenvalue weighted by atomic mass is 16.5. The maximum atomic E-state index is 11.3. The van der Waals surface area contributed by atoms with Gasteiger partial charge >= 0.3 is 0 Å². The molecule has 0 heterocycles. The van der Waals surface area contributed by atoms with Gasteiger partial charge in [-0.25, -0.2) is 0 Å². The van der Waals surface area contributed by atoms with Gasteiger partial charge in [-0.05, 0) is 22.6 Å². The van der Waals surface area contributed by atoms with Crippen LogP contribution in [-0.2, 0) is 11.3 Å². The van der Waals surface area contributed by atoms with E-state index in [1.165, 1.54) is 5.06 Å². The van der Waals surface area contributed by atoms with E-state index in [2.05, 4.69) is 38.1 Å². The van der Waals surface area contributed by atoms with E-state index in [-0.39, 0.29) is 18.0 Å². The van der Waals surface area contributed by atoms with Crippen molar-refractivity contribution in [2.45, 2.75) is 32.5 Å². The van der Waals surface area contributed by atoms with Crippen molar-refractivity contribution in [3.05, 3.63) is 108 Å². The molecular formula is C25H29NO2. The Morgan fingerprint density at radius 1 is 0.750 bits per heavy atom. The van der Waals surface area contributed by atoms with E-state index in [1.54, 1.807) is 0 Å². The number of ether oxygens (including phenoxy) is 1. The minimum Gasteiger partial charge on any atom is -0.375 e. The molecule has 0 saturated heterocycles. The zero-order chi connectivity index (χ0) is 19.8. The van der Waals surface area contributed by atoms with Gasteiger partial charge in [0.1, 0.15) is 0 Å². The van der Waals surface area contributed by atoms with Crippen molar-refractivity contribution in [1.29, 1.82) is 0 Å². The van der Waals surface area contributed by atoms with Gasteiger partial charge in [0.25, 0.3) is 0 Å². The monoisotopic (exact) mass is 375 g/mol. The molecule has 0 aliphatic heterocycles. The number of hydroxylamine groups is 2. The Morgan fingerprint density at radius 2 is 1.25 bits per heavy atom. The lowest BCUT2D eigenvalue weighted by Crippen LogP contribution is -2.35. The van der Waals surface area contributed by atoms with Crippen LogP contribution in [0.2, 0.25) is 0 Å². The molecule has 28 heavy (non-hydrogen) atoms. The molecule has 2 atom stereocenters. The standard InChI is InChI=1S/C25H29NO2/c1-20(2)25(23-16-10-5-11-17-23)26(27)24(22-14-8-4-9-15-22)19-28-18-21-12-6-3-7-13-21/h3-17,20,24-25,27H,18-19H2,1-2H3/t24-,25+/m0/s1. The van der Waals surface area contributed by atoms with Crippen molar-refractivity contribution in [2.75, 3.05) is 6.61 Å². The molecule has 3 aromatic carbocycles. The predicted molar refractivity (Wildman–Crippen MR) is 113 cm³/mol. The summed E-state index contributed by atoms with van der Waals surface area (Å²) in [4.78, 5) is 0. The van der Waals surface area contributed by atoms with Crippen molar-refractivity contribution in [3.8, 4) is 0 Å². The normalized spacial score (nSPS) is 13.6. The molecule has 0 bridgehead atoms. The molecule has 0 radical (unpaired) electrons. The van der Waals surface area contributed by atoms with Gasteiger partial charge in [-0.2, -0.15) is 5.06 Å². The fraction of sp³-hybridized carbons (Fsp3) is 0.280. The Bertz CT molecular complexity index is 806. The van der Waals surface area contributed by atoms with Crippen LogP contribution in [0, 0.1) is 5.92 Å². The summed E-state index contributed by atoms with van der Waals surface area (Å²) in [6, 6.07) is 30.0. The zero-order valence-corrected chi connectivity index (χ0v) is 16.6. The summed E-state index contributed by atoms with van der Waals surface area (Å²) >= 11 is 0. The first-order chi connectivity index (χ1) is 13.7. The number of hydrogen-bond acceptors (Lipinski definition) is 3. The largest absolute Gasteiger partial charge is 0.375 e. The van der Waals surface area contributed by atoms with Crippen LogP contribution in [0.15, 0.2) is 91.0 Å². The Balaban J connectivity index is 1.80. The molecule has 0 fully saturated rings. The maximum Gasteiger partial charge on any atom is 0.0840 e. The number of nitrogens with zero attached hydrogens (tertiary/aromatic N) is 1. The summed E-state index contributed by atoms with van der Waals surface area (Å²) < 4.78 is 6.02. The molecule has 0 amide bonds. The highest BCUT2D eigenvalue weighted by Crippen LogP contribution is 2.34. The van der Waals surface area contributed by atoms with E-state index >= 15 is 0 Å². The smallest absolute Gasteiger partial charge is 0.0840 e. The lowest BCUT2D eigenvalue weighted by molar-refractivity contribution is -0.189. The Labute approximate surface area is 168 Å². The molecule has 0 unspecified atom stereocenters. The fourth-order valence-corrected chi connectivity index (χ4v) is 3.55. The first kappa shape index (κ1) is 20.3. The minimum absolute atomic E-state index is 0.119. The van der Waals surface area contributed by atoms with Gasteiger partial charge in [-0.1, -0.05) is 105 Å². The van der Waals surface area contributed by atoms with Crippen LogP contribution in [0.3, 0.4) is 0 Å². The van der Waals surface area contributed by atoms with E-state index in [0.29, 0.717) is 13.2 Å². The molecule has 0 aliphatic carbocycles. The van der Waals surface area contributed by atoms with E-state index in [0.717, 1.165) is 16.7 Å². The van der Waals surface area contributed by atoms with Gasteiger partial charge in [0.15, 0.2) is 0 Å². The van der Waals surface area contributed by atoms with Crippen LogP contribution in [0.4, 0.5) is 0 Å². The highest BCUT2D eigenvalue weighted by Gasteiger charge is 2.30. The van der Waals surface area contributed by atoms with Crippen molar-refractivity contribution >= 4 is 0 Å². The summed E-state index contributed by atoms with van der Waals surface area (Å²) in [5.41, 5.74) is 3.27. The predicted octanol–water partition coefficient (Wildman–Crippen LogP) is 6.03. The molecule has 0 spiro atoms. The van der Waals surface area contributed by atoms with Crippen LogP contribution in [0.1, 0.15) is 42.6 Å². The average molecular weight is 376 g/mol. The first-order valence-electron chi connectivity index (χ1n) is 9.85. The number of rotatable bonds is 9. The van der Waals surface area contributed by atoms with Crippen LogP contribution < -0.4 is 0 Å². The summed E-state index contributed by atoms with van der Waals surface area (Å²) in [6.45, 7) is 5.20. The van der Waals surface area contributed by atoms with E-state index in [1.807, 2.05) is 66.7 Å². The number of benzene rings is 3. The lowest BCUT2D eigenvalue weighted by Gasteiger charge is -2.36. The van der Waals surface area contributed by atoms with E-state index < -0.39 is 0 Å². The van der Waals surface area contributed by atoms with Crippen molar-refractivity contribution < 1.29 is 9.94 Å². The molecule has 3 heteroatoms. The molecule has 0 aliphatic rings. The summed E-state index contributed by atoms with van der Waals surface area (Å²) in [7, 11) is 0. The van der Waals surface area contributed by atoms with E-state index in [4.69, 9.17) is 4.74 Å². The third kappa shape index (κ3) is 5.29. The first-order valence-corrected chi connectivity index (χ1v) is 9.85. The highest BCUT2D eigenvalue weighted by molar-refractivity contribution is 5.23. The molecule has 3 aromatic rings. The molecule has 1 N–H and O–H groups in total. The Morgan fingerprint density at radius 3 is 1.79 bits per heavy atom. The molecule has 3 rings (SSSR count). The molecule has 0 saturated carbocycles. The quantitative estimate of drug-likeness (QED) is 0.463. The summed E-state index contributed by atoms with van der Waals surface area (Å²) in [5.74, 6) is 0.243. The van der Waals surface area contributed by atoms with Crippen molar-refractivity contribution in [3.63, 3.8) is 0 Å². The van der Waals surface area contributed by atoms with Gasteiger partial charge in [0, 0.05) is 0 Å². The second kappa shape index (κ2) is 10.2. The van der Waals surface area contributed by atoms with E-state index in [9.17, 15) is 5.21 Å². The van der Waals surface area contributed by atoms with Crippen LogP contribution in [-0.4, -0.2) is 16.9 Å². The maximum absolute atomic E-state index is 11.3. The van der Waals surface area contributed by atoms with Crippen LogP contribution in [0.5, 0.6) is 0 Å². The Kier molecular flexibility index (Phi) is 7.38. The second-order valence-electron chi connectivity index (χ2n) is 7.41. The van der Waals surface area contributed by atoms with Gasteiger partial charge in [0.05, 0.1) is 25.3 Å². The number of hydrogen-bond donors (Lipinski definition) is 1. The molecule has 0 aromatic heterocycles. The van der Waals surface area contributed by atoms with Gasteiger partial charge < -0.3 is 9.94 Å². The Hall–Kier alpha value is -2.46. The van der Waals surface area contributed by atoms with Crippen LogP contribution in [0.25, 0.3) is 0 Å². The van der Waals surface area contributed by atoms with Gasteiger partial charge in [0.2, 0.25) is 0 Å². The average Bonchev–Trinajstić information content (AvgIpc) is 2.73. The van der Waals surface area contributed by atoms with Gasteiger partial charge in [-0.15, -0.1) is 0 Å². The van der Waals surface area contributed by atoms with Crippen molar-refractivity contribution in [1.82, 2.24) is 5.06 Å². The molecular weight excluding hydrogens is 346 g/mol. The van der Waals surface area contributed by atoms with Crippen molar-refractivity contribution in [2.24, 2.45) is 5.92 Å². The molecule has 3 nitrogen and oxygen atoms in total. The minimum atomic E-state index is -0.252. The molecule has 146 valence electrons. The summed E-state index contributed by atoms with van der Waals surface area (Å²) in [6.07, 6.45) is 0. The third-order valence-corrected chi connectivity index (χ3v) is 4.95. The van der Waals surface area contributed by atoms with Crippen LogP contribution >= 0.6 is 0 Å². The SMILES string of the molecule is CC(C)[C@H](c1ccccc1)N(O)[C@@H](COCc1ccccc1)c1ccccc1. The van der Waals surface area contributed by atoms with Gasteiger partial charge in [-0.3, -0.25) is 0 Å². The fourth-order valence-electron chi connectivity index (χ4n) is 3.55.